The number of fused-ring (bicyclic) bond motifs is 1. The first kappa shape index (κ1) is 9.85. The van der Waals surface area contributed by atoms with Crippen LogP contribution in [0.3, 0.4) is 0 Å². The van der Waals surface area contributed by atoms with Crippen LogP contribution in [0.1, 0.15) is 31.6 Å². The molecule has 0 radical (unpaired) electrons. The summed E-state index contributed by atoms with van der Waals surface area (Å²) in [6, 6.07) is 10.3. The molecule has 84 valence electrons. The lowest BCUT2D eigenvalue weighted by molar-refractivity contribution is -0.134. The molecule has 2 fully saturated rings. The van der Waals surface area contributed by atoms with Gasteiger partial charge < -0.3 is 9.64 Å². The summed E-state index contributed by atoms with van der Waals surface area (Å²) in [5.41, 5.74) is 1.08. The summed E-state index contributed by atoms with van der Waals surface area (Å²) >= 11 is 0. The van der Waals surface area contributed by atoms with Crippen LogP contribution in [-0.4, -0.2) is 23.0 Å². The van der Waals surface area contributed by atoms with E-state index in [0.29, 0.717) is 6.42 Å². The van der Waals surface area contributed by atoms with E-state index in [9.17, 15) is 4.79 Å². The molecule has 3 nitrogen and oxygen atoms in total. The van der Waals surface area contributed by atoms with Crippen molar-refractivity contribution in [2.24, 2.45) is 0 Å². The Bertz CT molecular complexity index is 404. The molecule has 0 N–H and O–H groups in total. The van der Waals surface area contributed by atoms with E-state index in [1.54, 1.807) is 0 Å². The minimum Gasteiger partial charge on any atom is -0.349 e. The Morgan fingerprint density at radius 3 is 2.81 bits per heavy atom. The first-order chi connectivity index (χ1) is 7.77. The molecule has 3 rings (SSSR count). The van der Waals surface area contributed by atoms with Gasteiger partial charge in [-0.05, 0) is 13.3 Å². The van der Waals surface area contributed by atoms with Crippen LogP contribution in [0.5, 0.6) is 0 Å². The van der Waals surface area contributed by atoms with Gasteiger partial charge in [-0.3, -0.25) is 4.79 Å². The van der Waals surface area contributed by atoms with E-state index in [2.05, 4.69) is 6.92 Å². The minimum atomic E-state index is -0.170. The second-order valence-corrected chi connectivity index (χ2v) is 4.51. The maximum Gasteiger partial charge on any atom is 0.225 e. The molecule has 0 saturated carbocycles. The number of hydrogen-bond donors (Lipinski definition) is 0. The summed E-state index contributed by atoms with van der Waals surface area (Å²) in [5, 5.41) is 0. The lowest BCUT2D eigenvalue weighted by Crippen LogP contribution is -2.32. The second-order valence-electron chi connectivity index (χ2n) is 4.51. The molecule has 3 heteroatoms. The van der Waals surface area contributed by atoms with E-state index < -0.39 is 0 Å². The average molecular weight is 217 g/mol. The van der Waals surface area contributed by atoms with E-state index in [1.807, 2.05) is 35.2 Å². The fraction of sp³-hybridized carbons (Fsp3) is 0.462. The highest BCUT2D eigenvalue weighted by Gasteiger charge is 2.46. The Kier molecular flexibility index (Phi) is 2.21. The van der Waals surface area contributed by atoms with Gasteiger partial charge in [-0.2, -0.15) is 0 Å². The lowest BCUT2D eigenvalue weighted by Gasteiger charge is -2.22. The summed E-state index contributed by atoms with van der Waals surface area (Å²) in [6.45, 7) is 2.05. The summed E-state index contributed by atoms with van der Waals surface area (Å²) in [5.74, 6) is 0.225. The van der Waals surface area contributed by atoms with Crippen molar-refractivity contribution in [3.05, 3.63) is 35.9 Å². The van der Waals surface area contributed by atoms with Gasteiger partial charge in [-0.15, -0.1) is 0 Å². The maximum absolute atomic E-state index is 11.8. The molecule has 0 aromatic heterocycles. The number of benzene rings is 1. The van der Waals surface area contributed by atoms with Crippen LogP contribution in [0, 0.1) is 0 Å². The molecule has 0 bridgehead atoms. The van der Waals surface area contributed by atoms with Crippen molar-refractivity contribution >= 4 is 5.91 Å². The number of nitrogens with zero attached hydrogens (tertiary/aromatic N) is 1. The highest BCUT2D eigenvalue weighted by Crippen LogP contribution is 2.40. The first-order valence-corrected chi connectivity index (χ1v) is 5.79. The van der Waals surface area contributed by atoms with E-state index in [0.717, 1.165) is 12.0 Å². The third-order valence-electron chi connectivity index (χ3n) is 3.52. The number of amides is 1. The molecule has 2 saturated heterocycles. The van der Waals surface area contributed by atoms with Crippen LogP contribution in [0.15, 0.2) is 30.3 Å². The first-order valence-electron chi connectivity index (χ1n) is 5.79. The molecular weight excluding hydrogens is 202 g/mol. The predicted molar refractivity (Wildman–Crippen MR) is 59.6 cm³/mol. The van der Waals surface area contributed by atoms with Gasteiger partial charge in [0, 0.05) is 12.0 Å². The molecule has 1 aromatic carbocycles. The normalized spacial score (nSPS) is 33.2. The molecular formula is C13H15NO2. The number of rotatable bonds is 1. The topological polar surface area (TPSA) is 29.5 Å². The van der Waals surface area contributed by atoms with Gasteiger partial charge in [-0.1, -0.05) is 30.3 Å². The molecule has 1 amide bonds. The van der Waals surface area contributed by atoms with Gasteiger partial charge in [0.1, 0.15) is 0 Å². The standard InChI is InChI=1S/C13H15NO2/c1-9-11-7-8-12(15)14(11)13(16-9)10-5-3-2-4-6-10/h2-6,9,11,13H,7-8H2,1H3. The Balaban J connectivity index is 1.94. The highest BCUT2D eigenvalue weighted by atomic mass is 16.5. The van der Waals surface area contributed by atoms with Gasteiger partial charge in [-0.25, -0.2) is 0 Å². The van der Waals surface area contributed by atoms with E-state index >= 15 is 0 Å². The van der Waals surface area contributed by atoms with Gasteiger partial charge in [0.05, 0.1) is 12.1 Å². The lowest BCUT2D eigenvalue weighted by atomic mass is 10.1. The van der Waals surface area contributed by atoms with Crippen molar-refractivity contribution in [1.29, 1.82) is 0 Å². The molecule has 3 atom stereocenters. The minimum absolute atomic E-state index is 0.150. The fourth-order valence-corrected chi connectivity index (χ4v) is 2.71. The SMILES string of the molecule is CC1OC(c2ccccc2)N2C(=O)CCC12. The van der Waals surface area contributed by atoms with Crippen LogP contribution in [-0.2, 0) is 9.53 Å². The van der Waals surface area contributed by atoms with Crippen LogP contribution >= 0.6 is 0 Å². The third-order valence-corrected chi connectivity index (χ3v) is 3.52. The fourth-order valence-electron chi connectivity index (χ4n) is 2.71. The summed E-state index contributed by atoms with van der Waals surface area (Å²) in [7, 11) is 0. The van der Waals surface area contributed by atoms with E-state index in [4.69, 9.17) is 4.74 Å². The van der Waals surface area contributed by atoms with Crippen molar-refractivity contribution in [1.82, 2.24) is 4.90 Å². The molecule has 0 aliphatic carbocycles. The quantitative estimate of drug-likeness (QED) is 0.721. The number of carbonyl (C=O) groups is 1. The van der Waals surface area contributed by atoms with Crippen molar-refractivity contribution in [2.45, 2.75) is 38.1 Å². The van der Waals surface area contributed by atoms with Crippen molar-refractivity contribution in [3.8, 4) is 0 Å². The van der Waals surface area contributed by atoms with Gasteiger partial charge in [0.25, 0.3) is 0 Å². The monoisotopic (exact) mass is 217 g/mol. The third kappa shape index (κ3) is 1.35. The van der Waals surface area contributed by atoms with Crippen LogP contribution in [0.4, 0.5) is 0 Å². The number of carbonyl (C=O) groups excluding carboxylic acids is 1. The number of ether oxygens (including phenoxy) is 1. The van der Waals surface area contributed by atoms with E-state index in [1.165, 1.54) is 0 Å². The predicted octanol–water partition coefficient (Wildman–Crippen LogP) is 2.09. The van der Waals surface area contributed by atoms with Gasteiger partial charge >= 0.3 is 0 Å². The van der Waals surface area contributed by atoms with Crippen molar-refractivity contribution in [2.75, 3.05) is 0 Å². The second kappa shape index (κ2) is 3.59. The Morgan fingerprint density at radius 1 is 1.31 bits per heavy atom. The summed E-state index contributed by atoms with van der Waals surface area (Å²) in [4.78, 5) is 13.7. The van der Waals surface area contributed by atoms with Crippen LogP contribution in [0.2, 0.25) is 0 Å². The molecule has 3 unspecified atom stereocenters. The van der Waals surface area contributed by atoms with E-state index in [-0.39, 0.29) is 24.3 Å². The Morgan fingerprint density at radius 2 is 2.06 bits per heavy atom. The number of hydrogen-bond acceptors (Lipinski definition) is 2. The zero-order valence-electron chi connectivity index (χ0n) is 9.30. The Labute approximate surface area is 95.0 Å². The largest absolute Gasteiger partial charge is 0.349 e. The molecule has 2 heterocycles. The molecule has 0 spiro atoms. The molecule has 2 aliphatic heterocycles. The maximum atomic E-state index is 11.8. The van der Waals surface area contributed by atoms with Gasteiger partial charge in [0.15, 0.2) is 6.23 Å². The summed E-state index contributed by atoms with van der Waals surface area (Å²) in [6.07, 6.45) is 1.58. The average Bonchev–Trinajstić information content (AvgIpc) is 2.83. The molecule has 16 heavy (non-hydrogen) atoms. The smallest absolute Gasteiger partial charge is 0.225 e. The Hall–Kier alpha value is -1.35. The summed E-state index contributed by atoms with van der Waals surface area (Å²) < 4.78 is 5.89. The highest BCUT2D eigenvalue weighted by molar-refractivity contribution is 5.79. The zero-order chi connectivity index (χ0) is 11.1. The van der Waals surface area contributed by atoms with Crippen molar-refractivity contribution in [3.63, 3.8) is 0 Å². The molecule has 1 aromatic rings. The van der Waals surface area contributed by atoms with Gasteiger partial charge in [0.2, 0.25) is 5.91 Å². The van der Waals surface area contributed by atoms with Crippen molar-refractivity contribution < 1.29 is 9.53 Å². The zero-order valence-corrected chi connectivity index (χ0v) is 9.30. The van der Waals surface area contributed by atoms with Crippen LogP contribution in [0.25, 0.3) is 0 Å². The molecule has 2 aliphatic rings. The van der Waals surface area contributed by atoms with Crippen LogP contribution < -0.4 is 0 Å².